The number of nitrogens with zero attached hydrogens (tertiary/aromatic N) is 1. The molecule has 0 fully saturated rings. The largest absolute Gasteiger partial charge is 0.494 e. The molecule has 0 N–H and O–H groups in total. The van der Waals surface area contributed by atoms with E-state index < -0.39 is 5.97 Å². The molecular formula is C25H27NO5. The monoisotopic (exact) mass is 421 g/mol. The molecule has 0 saturated carbocycles. The van der Waals surface area contributed by atoms with E-state index in [2.05, 4.69) is 18.5 Å². The molecule has 6 heteroatoms. The average Bonchev–Trinajstić information content (AvgIpc) is 3.27. The number of carbonyl (C=O) groups excluding carboxylic acids is 1. The first kappa shape index (κ1) is 22.2. The highest BCUT2D eigenvalue weighted by Crippen LogP contribution is 2.35. The van der Waals surface area contributed by atoms with Crippen molar-refractivity contribution in [2.75, 3.05) is 13.2 Å². The number of carbonyl (C=O) groups is 1. The highest BCUT2D eigenvalue weighted by Gasteiger charge is 2.23. The second-order valence-corrected chi connectivity index (χ2v) is 6.85. The van der Waals surface area contributed by atoms with Crippen LogP contribution in [0.1, 0.15) is 49.2 Å². The number of rotatable bonds is 11. The van der Waals surface area contributed by atoms with Gasteiger partial charge in [-0.3, -0.25) is 0 Å². The number of oxazole rings is 1. The Hall–Kier alpha value is -3.54. The topological polar surface area (TPSA) is 70.8 Å². The fourth-order valence-electron chi connectivity index (χ4n) is 3.05. The van der Waals surface area contributed by atoms with Crippen molar-refractivity contribution in [2.45, 2.75) is 33.1 Å². The van der Waals surface area contributed by atoms with Crippen LogP contribution in [0.3, 0.4) is 0 Å². The number of para-hydroxylation sites is 1. The highest BCUT2D eigenvalue weighted by atomic mass is 16.5. The van der Waals surface area contributed by atoms with Gasteiger partial charge in [0.25, 0.3) is 0 Å². The lowest BCUT2D eigenvalue weighted by Gasteiger charge is -2.15. The minimum atomic E-state index is -0.545. The first-order chi connectivity index (χ1) is 15.1. The Kier molecular flexibility index (Phi) is 7.87. The summed E-state index contributed by atoms with van der Waals surface area (Å²) in [6, 6.07) is 14.9. The second kappa shape index (κ2) is 11.0. The first-order valence-electron chi connectivity index (χ1n) is 10.4. The van der Waals surface area contributed by atoms with Crippen molar-refractivity contribution >= 4 is 11.7 Å². The van der Waals surface area contributed by atoms with Gasteiger partial charge in [0, 0.05) is 11.1 Å². The molecule has 0 atom stereocenters. The van der Waals surface area contributed by atoms with Gasteiger partial charge in [-0.25, -0.2) is 9.78 Å². The second-order valence-electron chi connectivity index (χ2n) is 6.85. The van der Waals surface area contributed by atoms with Crippen LogP contribution < -0.4 is 4.74 Å². The molecule has 31 heavy (non-hydrogen) atoms. The molecule has 3 aromatic rings. The minimum absolute atomic E-state index is 0.110. The lowest BCUT2D eigenvalue weighted by Crippen LogP contribution is -2.07. The standard InChI is InChI=1S/C25H27NO5/c1-4-6-10-15-29-18(3)22-16-20(31-19-11-8-7-9-12-19)13-14-21(22)24-23(26-17-30-24)25(27)28-5-2/h7-9,11-14,16-17H,3-6,10,15H2,1-2H3. The summed E-state index contributed by atoms with van der Waals surface area (Å²) >= 11 is 0. The molecule has 0 spiro atoms. The van der Waals surface area contributed by atoms with E-state index in [0.29, 0.717) is 40.8 Å². The summed E-state index contributed by atoms with van der Waals surface area (Å²) in [5.41, 5.74) is 1.40. The summed E-state index contributed by atoms with van der Waals surface area (Å²) < 4.78 is 22.5. The molecule has 0 amide bonds. The van der Waals surface area contributed by atoms with Crippen molar-refractivity contribution < 1.29 is 23.4 Å². The lowest BCUT2D eigenvalue weighted by atomic mass is 10.0. The summed E-state index contributed by atoms with van der Waals surface area (Å²) in [4.78, 5) is 16.4. The van der Waals surface area contributed by atoms with Crippen molar-refractivity contribution in [3.05, 3.63) is 72.8 Å². The SMILES string of the molecule is C=C(OCCCCC)c1cc(Oc2ccccc2)ccc1-c1ocnc1C(=O)OCC. The van der Waals surface area contributed by atoms with E-state index in [0.717, 1.165) is 19.3 Å². The Bertz CT molecular complexity index is 1010. The van der Waals surface area contributed by atoms with Crippen LogP contribution in [0, 0.1) is 0 Å². The van der Waals surface area contributed by atoms with Gasteiger partial charge in [0.15, 0.2) is 17.8 Å². The van der Waals surface area contributed by atoms with E-state index in [1.807, 2.05) is 36.4 Å². The Balaban J connectivity index is 1.95. The van der Waals surface area contributed by atoms with Crippen LogP contribution in [0.2, 0.25) is 0 Å². The summed E-state index contributed by atoms with van der Waals surface area (Å²) in [7, 11) is 0. The van der Waals surface area contributed by atoms with E-state index in [9.17, 15) is 4.79 Å². The molecule has 6 nitrogen and oxygen atoms in total. The van der Waals surface area contributed by atoms with E-state index >= 15 is 0 Å². The number of aromatic nitrogens is 1. The molecule has 0 aliphatic rings. The number of ether oxygens (including phenoxy) is 3. The molecule has 0 bridgehead atoms. The molecule has 1 heterocycles. The maximum absolute atomic E-state index is 12.3. The zero-order valence-corrected chi connectivity index (χ0v) is 17.9. The fraction of sp³-hybridized carbons (Fsp3) is 0.280. The smallest absolute Gasteiger partial charge is 0.360 e. The molecule has 3 rings (SSSR count). The summed E-state index contributed by atoms with van der Waals surface area (Å²) in [6.45, 7) is 8.77. The summed E-state index contributed by atoms with van der Waals surface area (Å²) in [5.74, 6) is 1.55. The molecule has 0 aliphatic carbocycles. The van der Waals surface area contributed by atoms with Crippen LogP contribution >= 0.6 is 0 Å². The number of unbranched alkanes of at least 4 members (excludes halogenated alkanes) is 2. The van der Waals surface area contributed by atoms with Gasteiger partial charge in [0.2, 0.25) is 0 Å². The Morgan fingerprint density at radius 2 is 1.84 bits per heavy atom. The van der Waals surface area contributed by atoms with Gasteiger partial charge in [0.05, 0.1) is 13.2 Å². The van der Waals surface area contributed by atoms with Crippen LogP contribution in [0.5, 0.6) is 11.5 Å². The predicted molar refractivity (Wildman–Crippen MR) is 119 cm³/mol. The van der Waals surface area contributed by atoms with Crippen LogP contribution in [-0.2, 0) is 9.47 Å². The molecule has 162 valence electrons. The number of hydrogen-bond acceptors (Lipinski definition) is 6. The maximum Gasteiger partial charge on any atom is 0.360 e. The molecule has 1 aromatic heterocycles. The van der Waals surface area contributed by atoms with Gasteiger partial charge in [-0.1, -0.05) is 44.5 Å². The van der Waals surface area contributed by atoms with Gasteiger partial charge in [0.1, 0.15) is 17.3 Å². The fourth-order valence-corrected chi connectivity index (χ4v) is 3.05. The Morgan fingerprint density at radius 1 is 1.03 bits per heavy atom. The van der Waals surface area contributed by atoms with Gasteiger partial charge >= 0.3 is 5.97 Å². The van der Waals surface area contributed by atoms with Gasteiger partial charge in [-0.15, -0.1) is 0 Å². The zero-order valence-electron chi connectivity index (χ0n) is 17.9. The summed E-state index contributed by atoms with van der Waals surface area (Å²) in [5, 5.41) is 0. The van der Waals surface area contributed by atoms with Crippen molar-refractivity contribution in [1.29, 1.82) is 0 Å². The first-order valence-corrected chi connectivity index (χ1v) is 10.4. The molecule has 0 unspecified atom stereocenters. The van der Waals surface area contributed by atoms with Gasteiger partial charge in [-0.2, -0.15) is 0 Å². The van der Waals surface area contributed by atoms with E-state index in [1.54, 1.807) is 19.1 Å². The lowest BCUT2D eigenvalue weighted by molar-refractivity contribution is 0.0520. The number of benzene rings is 2. The van der Waals surface area contributed by atoms with Gasteiger partial charge in [-0.05, 0) is 43.7 Å². The average molecular weight is 421 g/mol. The maximum atomic E-state index is 12.3. The van der Waals surface area contributed by atoms with Crippen LogP contribution in [-0.4, -0.2) is 24.2 Å². The van der Waals surface area contributed by atoms with Gasteiger partial charge < -0.3 is 18.6 Å². The molecule has 0 aliphatic heterocycles. The molecular weight excluding hydrogens is 394 g/mol. The third-order valence-corrected chi connectivity index (χ3v) is 4.58. The molecule has 2 aromatic carbocycles. The third kappa shape index (κ3) is 5.75. The van der Waals surface area contributed by atoms with Crippen LogP contribution in [0.4, 0.5) is 0 Å². The van der Waals surface area contributed by atoms with Crippen LogP contribution in [0.25, 0.3) is 17.1 Å². The van der Waals surface area contributed by atoms with Crippen LogP contribution in [0.15, 0.2) is 65.9 Å². The highest BCUT2D eigenvalue weighted by molar-refractivity contribution is 5.95. The van der Waals surface area contributed by atoms with E-state index in [1.165, 1.54) is 6.39 Å². The number of esters is 1. The van der Waals surface area contributed by atoms with E-state index in [-0.39, 0.29) is 12.3 Å². The third-order valence-electron chi connectivity index (χ3n) is 4.58. The summed E-state index contributed by atoms with van der Waals surface area (Å²) in [6.07, 6.45) is 4.33. The normalized spacial score (nSPS) is 10.5. The molecule has 0 radical (unpaired) electrons. The Labute approximate surface area is 182 Å². The minimum Gasteiger partial charge on any atom is -0.494 e. The Morgan fingerprint density at radius 3 is 2.58 bits per heavy atom. The van der Waals surface area contributed by atoms with Crippen molar-refractivity contribution in [2.24, 2.45) is 0 Å². The quantitative estimate of drug-likeness (QED) is 0.200. The number of hydrogen-bond donors (Lipinski definition) is 0. The van der Waals surface area contributed by atoms with Crippen molar-refractivity contribution in [1.82, 2.24) is 4.98 Å². The van der Waals surface area contributed by atoms with Crippen molar-refractivity contribution in [3.63, 3.8) is 0 Å². The zero-order chi connectivity index (χ0) is 22.1. The predicted octanol–water partition coefficient (Wildman–Crippen LogP) is 6.49. The molecule has 0 saturated heterocycles. The van der Waals surface area contributed by atoms with Crippen molar-refractivity contribution in [3.8, 4) is 22.8 Å². The van der Waals surface area contributed by atoms with E-state index in [4.69, 9.17) is 18.6 Å².